The van der Waals surface area contributed by atoms with Crippen LogP contribution in [0.25, 0.3) is 21.5 Å². The number of carbonyl (C=O) groups excluding carboxylic acids is 2. The Hall–Kier alpha value is -3.41. The molecule has 1 unspecified atom stereocenters. The molecule has 0 bridgehead atoms. The molecule has 34 heavy (non-hydrogen) atoms. The molecule has 0 fully saturated rings. The summed E-state index contributed by atoms with van der Waals surface area (Å²) in [5, 5.41) is 11.9. The number of halogens is 2. The maximum atomic E-state index is 12.9. The highest BCUT2D eigenvalue weighted by molar-refractivity contribution is 6.42. The third-order valence-corrected chi connectivity index (χ3v) is 6.34. The van der Waals surface area contributed by atoms with E-state index in [1.54, 1.807) is 18.3 Å². The van der Waals surface area contributed by atoms with E-state index in [0.717, 1.165) is 27.1 Å². The minimum atomic E-state index is -0.789. The second-order valence-electron chi connectivity index (χ2n) is 8.29. The molecule has 2 N–H and O–H groups in total. The first-order chi connectivity index (χ1) is 16.3. The normalized spacial score (nSPS) is 12.4. The minimum absolute atomic E-state index is 0.166. The molecule has 4 aromatic rings. The van der Waals surface area contributed by atoms with E-state index in [9.17, 15) is 9.59 Å². The average molecular weight is 492 g/mol. The number of hydrogen-bond donors (Lipinski definition) is 2. The Morgan fingerprint density at radius 3 is 2.06 bits per heavy atom. The van der Waals surface area contributed by atoms with Crippen LogP contribution in [0.5, 0.6) is 0 Å². The van der Waals surface area contributed by atoms with Gasteiger partial charge in [-0.3, -0.25) is 9.59 Å². The van der Waals surface area contributed by atoms with E-state index in [2.05, 4.69) is 21.9 Å². The zero-order valence-corrected chi connectivity index (χ0v) is 20.2. The number of nitrogens with zero attached hydrogens (tertiary/aromatic N) is 1. The van der Waals surface area contributed by atoms with E-state index in [1.807, 2.05) is 62.4 Å². The monoisotopic (exact) mass is 491 g/mol. The van der Waals surface area contributed by atoms with Crippen LogP contribution in [0.1, 0.15) is 29.8 Å². The third-order valence-electron chi connectivity index (χ3n) is 5.60. The standard InChI is InChI=1S/C27H23Cl2N3O2/c1-16(2)25(31-26(33)19-11-12-23(28)24(29)14-19)27(34)32-30-15-22-20-9-5-3-7-17(20)13-18-8-4-6-10-21(18)22/h3-16,25H,1-2H3,(H,31,33)(H,32,34)/b30-15-. The van der Waals surface area contributed by atoms with Gasteiger partial charge in [0.25, 0.3) is 11.8 Å². The van der Waals surface area contributed by atoms with Crippen LogP contribution >= 0.6 is 23.2 Å². The minimum Gasteiger partial charge on any atom is -0.340 e. The number of hydrogen-bond acceptors (Lipinski definition) is 3. The lowest BCUT2D eigenvalue weighted by Gasteiger charge is -2.20. The Kier molecular flexibility index (Phi) is 7.15. The van der Waals surface area contributed by atoms with Crippen molar-refractivity contribution in [2.45, 2.75) is 19.9 Å². The summed E-state index contributed by atoms with van der Waals surface area (Å²) in [6.45, 7) is 3.70. The molecule has 0 aromatic heterocycles. The highest BCUT2D eigenvalue weighted by Gasteiger charge is 2.24. The molecule has 5 nitrogen and oxygen atoms in total. The summed E-state index contributed by atoms with van der Waals surface area (Å²) in [6, 6.07) is 22.0. The van der Waals surface area contributed by atoms with E-state index in [0.29, 0.717) is 10.6 Å². The number of benzene rings is 4. The molecule has 0 spiro atoms. The Morgan fingerprint density at radius 2 is 1.47 bits per heavy atom. The zero-order chi connectivity index (χ0) is 24.2. The molecule has 4 aromatic carbocycles. The summed E-state index contributed by atoms with van der Waals surface area (Å²) in [5.74, 6) is -0.999. The third kappa shape index (κ3) is 5.06. The van der Waals surface area contributed by atoms with Gasteiger partial charge >= 0.3 is 0 Å². The van der Waals surface area contributed by atoms with E-state index < -0.39 is 17.9 Å². The molecular weight excluding hydrogens is 469 g/mol. The molecule has 1 atom stereocenters. The van der Waals surface area contributed by atoms with Gasteiger partial charge in [0.1, 0.15) is 6.04 Å². The van der Waals surface area contributed by atoms with E-state index in [-0.39, 0.29) is 10.9 Å². The lowest BCUT2D eigenvalue weighted by molar-refractivity contribution is -0.123. The maximum absolute atomic E-state index is 12.9. The number of hydrazone groups is 1. The summed E-state index contributed by atoms with van der Waals surface area (Å²) in [7, 11) is 0. The van der Waals surface area contributed by atoms with Crippen molar-refractivity contribution in [1.82, 2.24) is 10.7 Å². The number of fused-ring (bicyclic) bond motifs is 2. The molecule has 7 heteroatoms. The molecule has 0 heterocycles. The maximum Gasteiger partial charge on any atom is 0.262 e. The Labute approximate surface area is 207 Å². The quantitative estimate of drug-likeness (QED) is 0.191. The zero-order valence-electron chi connectivity index (χ0n) is 18.7. The molecule has 2 amide bonds. The van der Waals surface area contributed by atoms with Crippen molar-refractivity contribution in [3.63, 3.8) is 0 Å². The molecule has 0 saturated heterocycles. The largest absolute Gasteiger partial charge is 0.340 e. The van der Waals surface area contributed by atoms with Crippen molar-refractivity contribution in [3.8, 4) is 0 Å². The van der Waals surface area contributed by atoms with Gasteiger partial charge in [-0.15, -0.1) is 0 Å². The van der Waals surface area contributed by atoms with E-state index >= 15 is 0 Å². The van der Waals surface area contributed by atoms with Gasteiger partial charge in [0.15, 0.2) is 0 Å². The first-order valence-corrected chi connectivity index (χ1v) is 11.6. The van der Waals surface area contributed by atoms with Gasteiger partial charge in [-0.25, -0.2) is 5.43 Å². The van der Waals surface area contributed by atoms with Gasteiger partial charge < -0.3 is 5.32 Å². The van der Waals surface area contributed by atoms with Crippen LogP contribution in [0.15, 0.2) is 77.9 Å². The average Bonchev–Trinajstić information content (AvgIpc) is 2.83. The summed E-state index contributed by atoms with van der Waals surface area (Å²) < 4.78 is 0. The predicted molar refractivity (Wildman–Crippen MR) is 140 cm³/mol. The van der Waals surface area contributed by atoms with Crippen molar-refractivity contribution in [2.75, 3.05) is 0 Å². The number of carbonyl (C=O) groups is 2. The Morgan fingerprint density at radius 1 is 0.853 bits per heavy atom. The smallest absolute Gasteiger partial charge is 0.262 e. The van der Waals surface area contributed by atoms with E-state index in [4.69, 9.17) is 23.2 Å². The number of amides is 2. The van der Waals surface area contributed by atoms with Gasteiger partial charge in [-0.2, -0.15) is 5.10 Å². The van der Waals surface area contributed by atoms with Crippen molar-refractivity contribution in [1.29, 1.82) is 0 Å². The van der Waals surface area contributed by atoms with Crippen molar-refractivity contribution >= 4 is 62.8 Å². The first kappa shape index (κ1) is 23.7. The molecule has 0 radical (unpaired) electrons. The van der Waals surface area contributed by atoms with Crippen LogP contribution in [-0.4, -0.2) is 24.1 Å². The van der Waals surface area contributed by atoms with Crippen LogP contribution in [0.4, 0.5) is 0 Å². The van der Waals surface area contributed by atoms with Crippen molar-refractivity contribution < 1.29 is 9.59 Å². The van der Waals surface area contributed by atoms with Crippen LogP contribution in [0.2, 0.25) is 10.0 Å². The fourth-order valence-electron chi connectivity index (χ4n) is 3.81. The fourth-order valence-corrected chi connectivity index (χ4v) is 4.11. The van der Waals surface area contributed by atoms with Crippen LogP contribution < -0.4 is 10.7 Å². The Bertz CT molecular complexity index is 1360. The second-order valence-corrected chi connectivity index (χ2v) is 9.11. The summed E-state index contributed by atoms with van der Waals surface area (Å²) in [5.41, 5.74) is 3.82. The molecule has 172 valence electrons. The van der Waals surface area contributed by atoms with Crippen LogP contribution in [0.3, 0.4) is 0 Å². The first-order valence-electron chi connectivity index (χ1n) is 10.8. The fraction of sp³-hybridized carbons (Fsp3) is 0.148. The SMILES string of the molecule is CC(C)C(NC(=O)c1ccc(Cl)c(Cl)c1)C(=O)N/N=C\c1c2ccccc2cc2ccccc12. The van der Waals surface area contributed by atoms with Gasteiger partial charge in [0.05, 0.1) is 16.3 Å². The van der Waals surface area contributed by atoms with Crippen molar-refractivity contribution in [3.05, 3.63) is 94.0 Å². The topological polar surface area (TPSA) is 70.6 Å². The lowest BCUT2D eigenvalue weighted by Crippen LogP contribution is -2.48. The van der Waals surface area contributed by atoms with Gasteiger partial charge in [0, 0.05) is 11.1 Å². The summed E-state index contributed by atoms with van der Waals surface area (Å²) in [6.07, 6.45) is 1.65. The van der Waals surface area contributed by atoms with Gasteiger partial charge in [0.2, 0.25) is 0 Å². The predicted octanol–water partition coefficient (Wildman–Crippen LogP) is 6.20. The van der Waals surface area contributed by atoms with Gasteiger partial charge in [-0.1, -0.05) is 85.6 Å². The van der Waals surface area contributed by atoms with E-state index in [1.165, 1.54) is 6.07 Å². The second kappa shape index (κ2) is 10.2. The Balaban J connectivity index is 1.55. The number of nitrogens with one attached hydrogen (secondary N) is 2. The summed E-state index contributed by atoms with van der Waals surface area (Å²) >= 11 is 11.9. The number of rotatable bonds is 6. The lowest BCUT2D eigenvalue weighted by atomic mass is 9.97. The van der Waals surface area contributed by atoms with Gasteiger partial charge in [-0.05, 0) is 51.7 Å². The molecule has 0 aliphatic heterocycles. The molecule has 0 aliphatic rings. The highest BCUT2D eigenvalue weighted by Crippen LogP contribution is 2.27. The molecular formula is C27H23Cl2N3O2. The van der Waals surface area contributed by atoms with Crippen molar-refractivity contribution in [2.24, 2.45) is 11.0 Å². The molecule has 0 saturated carbocycles. The molecule has 4 rings (SSSR count). The van der Waals surface area contributed by atoms with Crippen LogP contribution in [-0.2, 0) is 4.79 Å². The molecule has 0 aliphatic carbocycles. The summed E-state index contributed by atoms with van der Waals surface area (Å²) in [4.78, 5) is 25.6. The highest BCUT2D eigenvalue weighted by atomic mass is 35.5. The van der Waals surface area contributed by atoms with Crippen LogP contribution in [0, 0.1) is 5.92 Å².